The zero-order valence-electron chi connectivity index (χ0n) is 19.2. The highest BCUT2D eigenvalue weighted by Crippen LogP contribution is 2.20. The van der Waals surface area contributed by atoms with E-state index in [2.05, 4.69) is 10.6 Å². The van der Waals surface area contributed by atoms with Gasteiger partial charge in [-0.05, 0) is 44.2 Å². The third-order valence-electron chi connectivity index (χ3n) is 5.83. The first kappa shape index (κ1) is 27.2. The van der Waals surface area contributed by atoms with Crippen molar-refractivity contribution in [3.8, 4) is 0 Å². The van der Waals surface area contributed by atoms with Crippen molar-refractivity contribution < 1.29 is 29.4 Å². The molecular formula is C23H35N5O6. The third-order valence-corrected chi connectivity index (χ3v) is 5.83. The number of carbonyl (C=O) groups excluding carboxylic acids is 3. The first-order valence-corrected chi connectivity index (χ1v) is 11.5. The summed E-state index contributed by atoms with van der Waals surface area (Å²) in [6, 6.07) is 4.93. The van der Waals surface area contributed by atoms with Crippen molar-refractivity contribution in [2.45, 2.75) is 62.7 Å². The molecule has 1 aliphatic heterocycles. The molecule has 0 spiro atoms. The second kappa shape index (κ2) is 13.6. The van der Waals surface area contributed by atoms with Gasteiger partial charge in [-0.1, -0.05) is 30.3 Å². The molecule has 11 heteroatoms. The van der Waals surface area contributed by atoms with Gasteiger partial charge in [0.2, 0.25) is 17.7 Å². The highest BCUT2D eigenvalue weighted by molar-refractivity contribution is 5.94. The number of nitrogens with two attached hydrogens (primary N) is 2. The zero-order valence-corrected chi connectivity index (χ0v) is 19.2. The lowest BCUT2D eigenvalue weighted by Gasteiger charge is -2.29. The van der Waals surface area contributed by atoms with Crippen molar-refractivity contribution in [3.63, 3.8) is 0 Å². The maximum Gasteiger partial charge on any atom is 0.326 e. The lowest BCUT2D eigenvalue weighted by molar-refractivity contribution is -0.149. The Morgan fingerprint density at radius 3 is 2.35 bits per heavy atom. The third kappa shape index (κ3) is 7.79. The lowest BCUT2D eigenvalue weighted by Crippen LogP contribution is -2.58. The van der Waals surface area contributed by atoms with E-state index in [1.807, 2.05) is 18.2 Å². The highest BCUT2D eigenvalue weighted by atomic mass is 16.4. The number of unbranched alkanes of at least 4 members (excludes halogenated alkanes) is 1. The Morgan fingerprint density at radius 1 is 1.06 bits per heavy atom. The van der Waals surface area contributed by atoms with Crippen LogP contribution in [0, 0.1) is 0 Å². The van der Waals surface area contributed by atoms with Crippen molar-refractivity contribution in [2.24, 2.45) is 11.5 Å². The maximum atomic E-state index is 13.4. The number of carboxylic acids is 1. The highest BCUT2D eigenvalue weighted by Gasteiger charge is 2.38. The van der Waals surface area contributed by atoms with Gasteiger partial charge in [0.05, 0.1) is 6.61 Å². The molecule has 0 radical (unpaired) electrons. The molecule has 0 aromatic heterocycles. The Kier molecular flexibility index (Phi) is 10.9. The summed E-state index contributed by atoms with van der Waals surface area (Å²) in [6.45, 7) is 0.127. The number of amides is 3. The van der Waals surface area contributed by atoms with Crippen molar-refractivity contribution in [2.75, 3.05) is 19.7 Å². The van der Waals surface area contributed by atoms with E-state index in [-0.39, 0.29) is 12.8 Å². The average Bonchev–Trinajstić information content (AvgIpc) is 3.33. The molecule has 0 saturated carbocycles. The smallest absolute Gasteiger partial charge is 0.326 e. The molecule has 1 heterocycles. The summed E-state index contributed by atoms with van der Waals surface area (Å²) in [7, 11) is 0. The fourth-order valence-corrected chi connectivity index (χ4v) is 3.93. The minimum atomic E-state index is -1.19. The van der Waals surface area contributed by atoms with Gasteiger partial charge in [-0.15, -0.1) is 0 Å². The first-order chi connectivity index (χ1) is 16.3. The number of aliphatic hydroxyl groups excluding tert-OH is 1. The van der Waals surface area contributed by atoms with Crippen LogP contribution in [0.3, 0.4) is 0 Å². The normalized spacial score (nSPS) is 18.1. The van der Waals surface area contributed by atoms with E-state index in [0.717, 1.165) is 5.56 Å². The average molecular weight is 478 g/mol. The van der Waals surface area contributed by atoms with E-state index in [4.69, 9.17) is 16.6 Å². The van der Waals surface area contributed by atoms with Crippen molar-refractivity contribution >= 4 is 23.7 Å². The van der Waals surface area contributed by atoms with Crippen LogP contribution in [0.1, 0.15) is 37.7 Å². The van der Waals surface area contributed by atoms with Gasteiger partial charge in [0.15, 0.2) is 0 Å². The van der Waals surface area contributed by atoms with Crippen molar-refractivity contribution in [1.82, 2.24) is 15.5 Å². The number of carbonyl (C=O) groups is 4. The van der Waals surface area contributed by atoms with Crippen LogP contribution < -0.4 is 22.1 Å². The first-order valence-electron chi connectivity index (χ1n) is 11.5. The molecule has 1 fully saturated rings. The van der Waals surface area contributed by atoms with E-state index in [9.17, 15) is 24.3 Å². The van der Waals surface area contributed by atoms with Crippen LogP contribution in [0.25, 0.3) is 0 Å². The van der Waals surface area contributed by atoms with Crippen LogP contribution in [-0.2, 0) is 25.6 Å². The van der Waals surface area contributed by atoms with Gasteiger partial charge in [-0.25, -0.2) is 4.79 Å². The largest absolute Gasteiger partial charge is 0.480 e. The maximum absolute atomic E-state index is 13.4. The molecule has 4 atom stereocenters. The molecule has 0 bridgehead atoms. The molecule has 0 aliphatic carbocycles. The Balaban J connectivity index is 2.23. The van der Waals surface area contributed by atoms with Crippen LogP contribution in [-0.4, -0.2) is 82.7 Å². The molecule has 3 amide bonds. The fourth-order valence-electron chi connectivity index (χ4n) is 3.93. The summed E-state index contributed by atoms with van der Waals surface area (Å²) in [4.78, 5) is 51.6. The number of carboxylic acid groups (broad SMARTS) is 1. The number of aliphatic hydroxyl groups is 1. The van der Waals surface area contributed by atoms with Crippen LogP contribution >= 0.6 is 0 Å². The van der Waals surface area contributed by atoms with E-state index in [1.54, 1.807) is 12.1 Å². The summed E-state index contributed by atoms with van der Waals surface area (Å²) in [5.74, 6) is -2.84. The molecule has 8 N–H and O–H groups in total. The van der Waals surface area contributed by atoms with Gasteiger partial charge in [-0.2, -0.15) is 0 Å². The summed E-state index contributed by atoms with van der Waals surface area (Å²) in [5.41, 5.74) is 11.9. The van der Waals surface area contributed by atoms with E-state index >= 15 is 0 Å². The number of aliphatic carboxylic acids is 1. The van der Waals surface area contributed by atoms with Gasteiger partial charge in [0.1, 0.15) is 24.2 Å². The lowest BCUT2D eigenvalue weighted by atomic mass is 10.0. The Labute approximate surface area is 198 Å². The molecule has 1 aromatic rings. The molecule has 1 aromatic carbocycles. The van der Waals surface area contributed by atoms with Crippen molar-refractivity contribution in [3.05, 3.63) is 35.9 Å². The predicted molar refractivity (Wildman–Crippen MR) is 124 cm³/mol. The number of hydrogen-bond acceptors (Lipinski definition) is 7. The number of nitrogens with zero attached hydrogens (tertiary/aromatic N) is 1. The summed E-state index contributed by atoms with van der Waals surface area (Å²) < 4.78 is 0. The fraction of sp³-hybridized carbons (Fsp3) is 0.565. The van der Waals surface area contributed by atoms with Gasteiger partial charge in [-0.3, -0.25) is 14.4 Å². The Morgan fingerprint density at radius 2 is 1.74 bits per heavy atom. The Hall–Kier alpha value is -3.02. The Bertz CT molecular complexity index is 836. The van der Waals surface area contributed by atoms with Crippen LogP contribution in [0.2, 0.25) is 0 Å². The second-order valence-electron chi connectivity index (χ2n) is 8.41. The monoisotopic (exact) mass is 477 g/mol. The molecule has 34 heavy (non-hydrogen) atoms. The molecule has 1 saturated heterocycles. The minimum absolute atomic E-state index is 0.161. The zero-order chi connectivity index (χ0) is 25.1. The standard InChI is InChI=1S/C23H35N5O6/c24-11-5-4-9-17(26-20(30)16(25)14-29)21(31)27-18(13-15-7-2-1-3-8-15)22(32)28-12-6-10-19(28)23(33)34/h1-3,7-8,16-19,29H,4-6,9-14,24-25H2,(H,26,30)(H,27,31)(H,33,34). The van der Waals surface area contributed by atoms with Gasteiger partial charge < -0.3 is 37.2 Å². The van der Waals surface area contributed by atoms with Crippen LogP contribution in [0.4, 0.5) is 0 Å². The minimum Gasteiger partial charge on any atom is -0.480 e. The molecule has 11 nitrogen and oxygen atoms in total. The SMILES string of the molecule is NCCCCC(NC(=O)C(N)CO)C(=O)NC(Cc1ccccc1)C(=O)N1CCCC1C(=O)O. The quantitative estimate of drug-likeness (QED) is 0.189. The molecule has 188 valence electrons. The van der Waals surface area contributed by atoms with E-state index in [0.29, 0.717) is 38.8 Å². The summed E-state index contributed by atoms with van der Waals surface area (Å²) >= 11 is 0. The predicted octanol–water partition coefficient (Wildman–Crippen LogP) is -1.28. The van der Waals surface area contributed by atoms with E-state index in [1.165, 1.54) is 4.90 Å². The molecule has 1 aliphatic rings. The summed E-state index contributed by atoms with van der Waals surface area (Å²) in [5, 5.41) is 23.9. The number of benzene rings is 1. The van der Waals surface area contributed by atoms with Crippen LogP contribution in [0.15, 0.2) is 30.3 Å². The van der Waals surface area contributed by atoms with Crippen LogP contribution in [0.5, 0.6) is 0 Å². The van der Waals surface area contributed by atoms with Gasteiger partial charge in [0.25, 0.3) is 0 Å². The van der Waals surface area contributed by atoms with Gasteiger partial charge >= 0.3 is 5.97 Å². The van der Waals surface area contributed by atoms with Crippen molar-refractivity contribution in [1.29, 1.82) is 0 Å². The number of rotatable bonds is 13. The molecule has 4 unspecified atom stereocenters. The van der Waals surface area contributed by atoms with Gasteiger partial charge in [0, 0.05) is 13.0 Å². The number of nitrogens with one attached hydrogen (secondary N) is 2. The molecular weight excluding hydrogens is 442 g/mol. The topological polar surface area (TPSA) is 188 Å². The number of likely N-dealkylation sites (tertiary alicyclic amines) is 1. The molecule has 2 rings (SSSR count). The number of hydrogen-bond donors (Lipinski definition) is 6. The van der Waals surface area contributed by atoms with E-state index < -0.39 is 54.5 Å². The summed E-state index contributed by atoms with van der Waals surface area (Å²) in [6.07, 6.45) is 2.52. The second-order valence-corrected chi connectivity index (χ2v) is 8.41.